The lowest BCUT2D eigenvalue weighted by Gasteiger charge is -2.11. The van der Waals surface area contributed by atoms with Gasteiger partial charge in [0, 0.05) is 17.5 Å². The predicted molar refractivity (Wildman–Crippen MR) is 56.4 cm³/mol. The van der Waals surface area contributed by atoms with Crippen LogP contribution in [0, 0.1) is 10.1 Å². The Kier molecular flexibility index (Phi) is 3.93. The van der Waals surface area contributed by atoms with Gasteiger partial charge in [0.05, 0.1) is 12.1 Å². The van der Waals surface area contributed by atoms with E-state index in [1.165, 1.54) is 19.1 Å². The molecule has 17 heavy (non-hydrogen) atoms. The lowest BCUT2D eigenvalue weighted by atomic mass is 10.2. The molecule has 0 aliphatic rings. The molecule has 7 heteroatoms. The number of hydrogen-bond donors (Lipinski definition) is 1. The Bertz CT molecular complexity index is 407. The van der Waals surface area contributed by atoms with E-state index in [1.54, 1.807) is 0 Å². The van der Waals surface area contributed by atoms with Gasteiger partial charge in [-0.2, -0.15) is 13.2 Å². The van der Waals surface area contributed by atoms with Crippen LogP contribution in [0.3, 0.4) is 0 Å². The molecule has 0 fully saturated rings. The lowest BCUT2D eigenvalue weighted by molar-refractivity contribution is -0.514. The van der Waals surface area contributed by atoms with Gasteiger partial charge < -0.3 is 5.32 Å². The summed E-state index contributed by atoms with van der Waals surface area (Å²) in [5, 5.41) is 12.9. The highest BCUT2D eigenvalue weighted by atomic mass is 19.4. The number of nitrogens with zero attached hydrogens (tertiary/aromatic N) is 1. The van der Waals surface area contributed by atoms with E-state index in [0.717, 1.165) is 12.1 Å². The average Bonchev–Trinajstić information content (AvgIpc) is 2.25. The Morgan fingerprint density at radius 3 is 2.65 bits per heavy atom. The van der Waals surface area contributed by atoms with E-state index in [2.05, 4.69) is 5.32 Å². The summed E-state index contributed by atoms with van der Waals surface area (Å²) < 4.78 is 37.1. The maximum Gasteiger partial charge on any atom is 0.416 e. The summed E-state index contributed by atoms with van der Waals surface area (Å²) in [7, 11) is 0. The van der Waals surface area contributed by atoms with E-state index in [9.17, 15) is 23.3 Å². The second-order valence-electron chi connectivity index (χ2n) is 3.59. The zero-order chi connectivity index (χ0) is 13.1. The standard InChI is InChI=1S/C10H11F3N2O2/c1-7(15(16)17)6-14-9-4-2-3-8(5-9)10(11,12)13/h2-5,7,14H,6H2,1H3. The Morgan fingerprint density at radius 1 is 1.47 bits per heavy atom. The topological polar surface area (TPSA) is 55.2 Å². The fourth-order valence-corrected chi connectivity index (χ4v) is 1.15. The third-order valence-corrected chi connectivity index (χ3v) is 2.15. The SMILES string of the molecule is CC(CNc1cccc(C(F)(F)F)c1)[N+](=O)[O-]. The van der Waals surface area contributed by atoms with Crippen molar-refractivity contribution in [3.05, 3.63) is 39.9 Å². The fourth-order valence-electron chi connectivity index (χ4n) is 1.15. The zero-order valence-electron chi connectivity index (χ0n) is 8.99. The molecule has 94 valence electrons. The van der Waals surface area contributed by atoms with Crippen LogP contribution in [0.25, 0.3) is 0 Å². The summed E-state index contributed by atoms with van der Waals surface area (Å²) >= 11 is 0. The van der Waals surface area contributed by atoms with E-state index in [0.29, 0.717) is 0 Å². The van der Waals surface area contributed by atoms with Gasteiger partial charge in [-0.3, -0.25) is 10.1 Å². The molecule has 1 N–H and O–H groups in total. The van der Waals surface area contributed by atoms with Crippen LogP contribution in [0.2, 0.25) is 0 Å². The molecule has 1 aromatic carbocycles. The van der Waals surface area contributed by atoms with Gasteiger partial charge in [0.2, 0.25) is 6.04 Å². The number of halogens is 3. The molecular weight excluding hydrogens is 237 g/mol. The Labute approximate surface area is 95.6 Å². The molecule has 4 nitrogen and oxygen atoms in total. The van der Waals surface area contributed by atoms with E-state index in [4.69, 9.17) is 0 Å². The molecule has 0 spiro atoms. The van der Waals surface area contributed by atoms with Gasteiger partial charge in [0.25, 0.3) is 0 Å². The fraction of sp³-hybridized carbons (Fsp3) is 0.400. The molecule has 0 aliphatic heterocycles. The number of rotatable bonds is 4. The van der Waals surface area contributed by atoms with Crippen LogP contribution in [-0.2, 0) is 6.18 Å². The smallest absolute Gasteiger partial charge is 0.378 e. The van der Waals surface area contributed by atoms with Crippen molar-refractivity contribution >= 4 is 5.69 Å². The number of nitro groups is 1. The van der Waals surface area contributed by atoms with Crippen molar-refractivity contribution in [1.82, 2.24) is 0 Å². The van der Waals surface area contributed by atoms with Gasteiger partial charge in [0.1, 0.15) is 0 Å². The van der Waals surface area contributed by atoms with Crippen LogP contribution in [-0.4, -0.2) is 17.5 Å². The van der Waals surface area contributed by atoms with Crippen LogP contribution in [0.15, 0.2) is 24.3 Å². The number of hydrogen-bond acceptors (Lipinski definition) is 3. The molecule has 0 aromatic heterocycles. The van der Waals surface area contributed by atoms with Gasteiger partial charge >= 0.3 is 6.18 Å². The molecule has 1 atom stereocenters. The van der Waals surface area contributed by atoms with Crippen LogP contribution in [0.5, 0.6) is 0 Å². The van der Waals surface area contributed by atoms with Crippen LogP contribution >= 0.6 is 0 Å². The molecule has 0 bridgehead atoms. The van der Waals surface area contributed by atoms with Crippen LogP contribution in [0.1, 0.15) is 12.5 Å². The van der Waals surface area contributed by atoms with Crippen molar-refractivity contribution in [2.45, 2.75) is 19.1 Å². The lowest BCUT2D eigenvalue weighted by Crippen LogP contribution is -2.24. The monoisotopic (exact) mass is 248 g/mol. The van der Waals surface area contributed by atoms with Crippen molar-refractivity contribution in [2.75, 3.05) is 11.9 Å². The summed E-state index contributed by atoms with van der Waals surface area (Å²) in [5.41, 5.74) is -0.565. The molecule has 1 rings (SSSR count). The largest absolute Gasteiger partial charge is 0.416 e. The molecule has 0 saturated carbocycles. The minimum atomic E-state index is -4.41. The second kappa shape index (κ2) is 5.03. The van der Waals surface area contributed by atoms with E-state index in [1.807, 2.05) is 0 Å². The highest BCUT2D eigenvalue weighted by Crippen LogP contribution is 2.30. The molecule has 0 amide bonds. The van der Waals surface area contributed by atoms with Crippen molar-refractivity contribution < 1.29 is 18.1 Å². The summed E-state index contributed by atoms with van der Waals surface area (Å²) in [4.78, 5) is 9.83. The highest BCUT2D eigenvalue weighted by molar-refractivity contribution is 5.46. The highest BCUT2D eigenvalue weighted by Gasteiger charge is 2.30. The van der Waals surface area contributed by atoms with E-state index < -0.39 is 22.7 Å². The average molecular weight is 248 g/mol. The number of benzene rings is 1. The third kappa shape index (κ3) is 3.93. The van der Waals surface area contributed by atoms with Crippen molar-refractivity contribution in [2.24, 2.45) is 0 Å². The van der Waals surface area contributed by atoms with Gasteiger partial charge in [-0.05, 0) is 18.2 Å². The van der Waals surface area contributed by atoms with Crippen molar-refractivity contribution in [3.63, 3.8) is 0 Å². The van der Waals surface area contributed by atoms with Gasteiger partial charge in [-0.15, -0.1) is 0 Å². The van der Waals surface area contributed by atoms with Gasteiger partial charge in [0.15, 0.2) is 0 Å². The third-order valence-electron chi connectivity index (χ3n) is 2.15. The molecule has 0 aliphatic carbocycles. The Hall–Kier alpha value is -1.79. The number of alkyl halides is 3. The minimum Gasteiger partial charge on any atom is -0.378 e. The maximum atomic E-state index is 12.4. The molecule has 1 unspecified atom stereocenters. The summed E-state index contributed by atoms with van der Waals surface area (Å²) in [5.74, 6) is 0. The quantitative estimate of drug-likeness (QED) is 0.658. The molecule has 0 saturated heterocycles. The first kappa shape index (κ1) is 13.3. The Morgan fingerprint density at radius 2 is 2.12 bits per heavy atom. The zero-order valence-corrected chi connectivity index (χ0v) is 8.99. The second-order valence-corrected chi connectivity index (χ2v) is 3.59. The molecule has 0 heterocycles. The van der Waals surface area contributed by atoms with E-state index >= 15 is 0 Å². The van der Waals surface area contributed by atoms with Gasteiger partial charge in [-0.1, -0.05) is 6.07 Å². The maximum absolute atomic E-state index is 12.4. The Balaban J connectivity index is 2.70. The first-order valence-electron chi connectivity index (χ1n) is 4.85. The summed E-state index contributed by atoms with van der Waals surface area (Å²) in [6.07, 6.45) is -4.41. The van der Waals surface area contributed by atoms with E-state index in [-0.39, 0.29) is 12.2 Å². The first-order chi connectivity index (χ1) is 7.80. The molecular formula is C10H11F3N2O2. The van der Waals surface area contributed by atoms with Gasteiger partial charge in [-0.25, -0.2) is 0 Å². The summed E-state index contributed by atoms with van der Waals surface area (Å²) in [6, 6.07) is 3.70. The number of anilines is 1. The molecule has 1 aromatic rings. The van der Waals surface area contributed by atoms with Crippen LogP contribution in [0.4, 0.5) is 18.9 Å². The first-order valence-corrected chi connectivity index (χ1v) is 4.85. The normalized spacial score (nSPS) is 13.2. The van der Waals surface area contributed by atoms with Crippen molar-refractivity contribution in [3.8, 4) is 0 Å². The predicted octanol–water partition coefficient (Wildman–Crippen LogP) is 2.78. The number of nitrogens with one attached hydrogen (secondary N) is 1. The van der Waals surface area contributed by atoms with Crippen molar-refractivity contribution in [1.29, 1.82) is 0 Å². The minimum absolute atomic E-state index is 0.0195. The summed E-state index contributed by atoms with van der Waals surface area (Å²) in [6.45, 7) is 1.36. The van der Waals surface area contributed by atoms with Crippen LogP contribution < -0.4 is 5.32 Å². The molecule has 0 radical (unpaired) electrons.